The van der Waals surface area contributed by atoms with Crippen LogP contribution in [0.1, 0.15) is 0 Å². The molecule has 0 saturated heterocycles. The van der Waals surface area contributed by atoms with Crippen molar-refractivity contribution in [2.24, 2.45) is 0 Å². The summed E-state index contributed by atoms with van der Waals surface area (Å²) in [6.07, 6.45) is 1.73. The van der Waals surface area contributed by atoms with Gasteiger partial charge in [0.2, 0.25) is 5.91 Å². The highest BCUT2D eigenvalue weighted by Gasteiger charge is 2.05. The van der Waals surface area contributed by atoms with Gasteiger partial charge in [-0.05, 0) is 12.1 Å². The molecule has 0 aliphatic heterocycles. The lowest BCUT2D eigenvalue weighted by molar-refractivity contribution is -0.131. The molecule has 2 N–H and O–H groups in total. The summed E-state index contributed by atoms with van der Waals surface area (Å²) < 4.78 is 0.963. The lowest BCUT2D eigenvalue weighted by Crippen LogP contribution is -2.08. The van der Waals surface area contributed by atoms with Crippen LogP contribution in [-0.4, -0.2) is 22.0 Å². The van der Waals surface area contributed by atoms with Crippen molar-refractivity contribution in [2.45, 2.75) is 0 Å². The van der Waals surface area contributed by atoms with Gasteiger partial charge in [0.05, 0.1) is 10.2 Å². The van der Waals surface area contributed by atoms with Gasteiger partial charge < -0.3 is 5.11 Å². The number of fused-ring (bicyclic) bond motifs is 1. The first kappa shape index (κ1) is 11.3. The van der Waals surface area contributed by atoms with E-state index in [9.17, 15) is 9.59 Å². The van der Waals surface area contributed by atoms with Crippen LogP contribution in [0.15, 0.2) is 36.4 Å². The molecule has 0 aliphatic rings. The zero-order chi connectivity index (χ0) is 12.3. The van der Waals surface area contributed by atoms with E-state index < -0.39 is 11.9 Å². The molecule has 1 amide bonds. The van der Waals surface area contributed by atoms with E-state index >= 15 is 0 Å². The second-order valence-corrected chi connectivity index (χ2v) is 4.18. The summed E-state index contributed by atoms with van der Waals surface area (Å²) in [5.41, 5.74) is 0.801. The summed E-state index contributed by atoms with van der Waals surface area (Å²) in [5, 5.41) is 11.3. The largest absolute Gasteiger partial charge is 0.478 e. The molecular weight excluding hydrogens is 240 g/mol. The topological polar surface area (TPSA) is 79.3 Å². The van der Waals surface area contributed by atoms with E-state index in [0.29, 0.717) is 5.13 Å². The fourth-order valence-corrected chi connectivity index (χ4v) is 2.09. The van der Waals surface area contributed by atoms with Gasteiger partial charge in [-0.1, -0.05) is 23.5 Å². The van der Waals surface area contributed by atoms with Gasteiger partial charge in [-0.15, -0.1) is 0 Å². The molecule has 2 rings (SSSR count). The minimum absolute atomic E-state index is 0.450. The predicted octanol–water partition coefficient (Wildman–Crippen LogP) is 1.88. The Morgan fingerprint density at radius 1 is 1.29 bits per heavy atom. The minimum Gasteiger partial charge on any atom is -0.478 e. The molecule has 1 heterocycles. The first-order valence-corrected chi connectivity index (χ1v) is 5.54. The number of carboxylic acid groups (broad SMARTS) is 1. The number of hydrogen-bond acceptors (Lipinski definition) is 4. The third-order valence-electron chi connectivity index (χ3n) is 1.90. The summed E-state index contributed by atoms with van der Waals surface area (Å²) in [4.78, 5) is 25.7. The van der Waals surface area contributed by atoms with Crippen molar-refractivity contribution in [1.29, 1.82) is 0 Å². The molecule has 6 heteroatoms. The van der Waals surface area contributed by atoms with E-state index in [2.05, 4.69) is 10.3 Å². The summed E-state index contributed by atoms with van der Waals surface area (Å²) >= 11 is 1.34. The summed E-state index contributed by atoms with van der Waals surface area (Å²) in [7, 11) is 0. The number of aromatic nitrogens is 1. The van der Waals surface area contributed by atoms with Crippen LogP contribution in [-0.2, 0) is 9.59 Å². The highest BCUT2D eigenvalue weighted by Crippen LogP contribution is 2.25. The zero-order valence-electron chi connectivity index (χ0n) is 8.58. The summed E-state index contributed by atoms with van der Waals surface area (Å²) in [6.45, 7) is 0. The Kier molecular flexibility index (Phi) is 3.15. The molecule has 0 bridgehead atoms. The van der Waals surface area contributed by atoms with Crippen LogP contribution in [0, 0.1) is 0 Å². The van der Waals surface area contributed by atoms with Crippen LogP contribution in [0.3, 0.4) is 0 Å². The third kappa shape index (κ3) is 2.88. The number of carbonyl (C=O) groups excluding carboxylic acids is 1. The first-order valence-electron chi connectivity index (χ1n) is 4.73. The maximum absolute atomic E-state index is 11.3. The normalized spacial score (nSPS) is 10.8. The number of amides is 1. The average molecular weight is 248 g/mol. The van der Waals surface area contributed by atoms with Gasteiger partial charge in [-0.3, -0.25) is 10.1 Å². The zero-order valence-corrected chi connectivity index (χ0v) is 9.40. The van der Waals surface area contributed by atoms with Crippen molar-refractivity contribution in [3.8, 4) is 0 Å². The lowest BCUT2D eigenvalue weighted by atomic mass is 10.3. The SMILES string of the molecule is O=C(O)/C=C\C(=O)Nc1nc2ccccc2s1. The second kappa shape index (κ2) is 4.75. The first-order chi connectivity index (χ1) is 8.15. The van der Waals surface area contributed by atoms with Crippen molar-refractivity contribution in [1.82, 2.24) is 4.98 Å². The molecule has 86 valence electrons. The van der Waals surface area contributed by atoms with Crippen LogP contribution in [0.2, 0.25) is 0 Å². The van der Waals surface area contributed by atoms with Crippen LogP contribution in [0.4, 0.5) is 5.13 Å². The molecule has 5 nitrogen and oxygen atoms in total. The highest BCUT2D eigenvalue weighted by atomic mass is 32.1. The van der Waals surface area contributed by atoms with Crippen LogP contribution < -0.4 is 5.32 Å². The smallest absolute Gasteiger partial charge is 0.328 e. The highest BCUT2D eigenvalue weighted by molar-refractivity contribution is 7.22. The molecular formula is C11H8N2O3S. The number of nitrogens with one attached hydrogen (secondary N) is 1. The number of rotatable bonds is 3. The Bertz CT molecular complexity index is 571. The minimum atomic E-state index is -1.16. The Balaban J connectivity index is 2.13. The maximum atomic E-state index is 11.3. The van der Waals surface area contributed by atoms with Crippen LogP contribution >= 0.6 is 11.3 Å². The van der Waals surface area contributed by atoms with E-state index in [1.807, 2.05) is 24.3 Å². The van der Waals surface area contributed by atoms with Crippen molar-refractivity contribution in [2.75, 3.05) is 5.32 Å². The molecule has 1 aromatic heterocycles. The van der Waals surface area contributed by atoms with E-state index in [4.69, 9.17) is 5.11 Å². The number of benzene rings is 1. The van der Waals surface area contributed by atoms with Crippen molar-refractivity contribution in [3.63, 3.8) is 0 Å². The quantitative estimate of drug-likeness (QED) is 0.813. The molecule has 1 aromatic carbocycles. The number of nitrogens with zero attached hydrogens (tertiary/aromatic N) is 1. The molecule has 0 spiro atoms. The fourth-order valence-electron chi connectivity index (χ4n) is 1.22. The molecule has 0 saturated carbocycles. The second-order valence-electron chi connectivity index (χ2n) is 3.15. The van der Waals surface area contributed by atoms with E-state index in [0.717, 1.165) is 22.4 Å². The number of hydrogen-bond donors (Lipinski definition) is 2. The van der Waals surface area contributed by atoms with E-state index in [-0.39, 0.29) is 0 Å². The van der Waals surface area contributed by atoms with Gasteiger partial charge in [-0.2, -0.15) is 0 Å². The molecule has 2 aromatic rings. The Labute approximate surface area is 100 Å². The molecule has 0 aliphatic carbocycles. The molecule has 0 radical (unpaired) electrons. The Morgan fingerprint density at radius 3 is 2.76 bits per heavy atom. The number of thiazole rings is 1. The van der Waals surface area contributed by atoms with E-state index in [1.54, 1.807) is 0 Å². The Hall–Kier alpha value is -2.21. The molecule has 0 atom stereocenters. The van der Waals surface area contributed by atoms with Gasteiger partial charge in [0.25, 0.3) is 0 Å². The van der Waals surface area contributed by atoms with Gasteiger partial charge in [0.1, 0.15) is 0 Å². The van der Waals surface area contributed by atoms with Crippen molar-refractivity contribution in [3.05, 3.63) is 36.4 Å². The monoisotopic (exact) mass is 248 g/mol. The standard InChI is InChI=1S/C11H8N2O3S/c14-9(5-6-10(15)16)13-11-12-7-3-1-2-4-8(7)17-11/h1-6H,(H,15,16)(H,12,13,14)/b6-5-. The predicted molar refractivity (Wildman–Crippen MR) is 65.0 cm³/mol. The molecule has 0 fully saturated rings. The number of aliphatic carboxylic acids is 1. The molecule has 17 heavy (non-hydrogen) atoms. The third-order valence-corrected chi connectivity index (χ3v) is 2.85. The summed E-state index contributed by atoms with van der Waals surface area (Å²) in [5.74, 6) is -1.67. The average Bonchev–Trinajstić information content (AvgIpc) is 2.68. The van der Waals surface area contributed by atoms with Gasteiger partial charge >= 0.3 is 5.97 Å². The van der Waals surface area contributed by atoms with Gasteiger partial charge in [0, 0.05) is 12.2 Å². The van der Waals surface area contributed by atoms with Crippen LogP contribution in [0.5, 0.6) is 0 Å². The van der Waals surface area contributed by atoms with E-state index in [1.165, 1.54) is 11.3 Å². The van der Waals surface area contributed by atoms with Gasteiger partial charge in [-0.25, -0.2) is 9.78 Å². The van der Waals surface area contributed by atoms with Gasteiger partial charge in [0.15, 0.2) is 5.13 Å². The fraction of sp³-hybridized carbons (Fsp3) is 0. The lowest BCUT2D eigenvalue weighted by Gasteiger charge is -1.93. The maximum Gasteiger partial charge on any atom is 0.328 e. The number of para-hydroxylation sites is 1. The van der Waals surface area contributed by atoms with Crippen molar-refractivity contribution >= 4 is 38.6 Å². The van der Waals surface area contributed by atoms with Crippen molar-refractivity contribution < 1.29 is 14.7 Å². The van der Waals surface area contributed by atoms with Crippen LogP contribution in [0.25, 0.3) is 10.2 Å². The Morgan fingerprint density at radius 2 is 2.06 bits per heavy atom. The number of carbonyl (C=O) groups is 2. The summed E-state index contributed by atoms with van der Waals surface area (Å²) in [6, 6.07) is 7.48. The number of anilines is 1. The molecule has 0 unspecified atom stereocenters. The number of carboxylic acids is 1.